The Hall–Kier alpha value is -2.83. The molecule has 1 aliphatic rings. The van der Waals surface area contributed by atoms with E-state index >= 15 is 0 Å². The number of amides is 1. The average molecular weight is 353 g/mol. The summed E-state index contributed by atoms with van der Waals surface area (Å²) < 4.78 is 7.28. The van der Waals surface area contributed by atoms with Gasteiger partial charge in [-0.25, -0.2) is 4.98 Å². The van der Waals surface area contributed by atoms with Gasteiger partial charge in [-0.15, -0.1) is 0 Å². The molecule has 7 nitrogen and oxygen atoms in total. The highest BCUT2D eigenvalue weighted by Crippen LogP contribution is 2.22. The van der Waals surface area contributed by atoms with E-state index in [1.807, 2.05) is 44.0 Å². The zero-order valence-electron chi connectivity index (χ0n) is 15.4. The van der Waals surface area contributed by atoms with Crippen LogP contribution < -0.4 is 4.90 Å². The highest BCUT2D eigenvalue weighted by atomic mass is 16.5. The van der Waals surface area contributed by atoms with Gasteiger partial charge < -0.3 is 18.9 Å². The van der Waals surface area contributed by atoms with E-state index in [1.54, 1.807) is 0 Å². The van der Waals surface area contributed by atoms with Crippen LogP contribution in [-0.4, -0.2) is 51.7 Å². The highest BCUT2D eigenvalue weighted by Gasteiger charge is 2.25. The molecule has 0 saturated carbocycles. The first-order valence-corrected chi connectivity index (χ1v) is 8.90. The predicted molar refractivity (Wildman–Crippen MR) is 99.2 cm³/mol. The highest BCUT2D eigenvalue weighted by molar-refractivity contribution is 5.80. The van der Waals surface area contributed by atoms with E-state index in [2.05, 4.69) is 20.7 Å². The van der Waals surface area contributed by atoms with E-state index in [1.165, 1.54) is 0 Å². The molecule has 0 spiro atoms. The number of rotatable bonds is 3. The molecule has 0 unspecified atom stereocenters. The van der Waals surface area contributed by atoms with Gasteiger partial charge in [0, 0.05) is 38.8 Å². The summed E-state index contributed by atoms with van der Waals surface area (Å²) in [7, 11) is 2.04. The van der Waals surface area contributed by atoms with Crippen molar-refractivity contribution in [2.24, 2.45) is 7.05 Å². The Morgan fingerprint density at radius 3 is 2.54 bits per heavy atom. The molecule has 7 heteroatoms. The molecule has 1 saturated heterocycles. The quantitative estimate of drug-likeness (QED) is 0.721. The molecule has 0 aliphatic carbocycles. The molecule has 2 aromatic heterocycles. The Labute approximate surface area is 152 Å². The maximum atomic E-state index is 12.6. The minimum atomic E-state index is 0.129. The fraction of sp³-hybridized carbons (Fsp3) is 0.421. The molecule has 0 radical (unpaired) electrons. The Morgan fingerprint density at radius 1 is 1.15 bits per heavy atom. The number of piperazine rings is 1. The molecule has 3 heterocycles. The summed E-state index contributed by atoms with van der Waals surface area (Å²) in [6, 6.07) is 8.14. The SMILES string of the molecule is Cc1noc(C)c1CC(=O)N1CCN(c2nc3ccccc3n2C)CC1. The molecule has 1 amide bonds. The number of aromatic nitrogens is 3. The van der Waals surface area contributed by atoms with E-state index in [-0.39, 0.29) is 5.91 Å². The third-order valence-corrected chi connectivity index (χ3v) is 5.19. The Bertz CT molecular complexity index is 931. The van der Waals surface area contributed by atoms with Crippen molar-refractivity contribution in [3.05, 3.63) is 41.3 Å². The van der Waals surface area contributed by atoms with Crippen LogP contribution in [0.2, 0.25) is 0 Å². The van der Waals surface area contributed by atoms with Crippen LogP contribution in [0.5, 0.6) is 0 Å². The maximum Gasteiger partial charge on any atom is 0.227 e. The second kappa shape index (κ2) is 6.48. The number of aryl methyl sites for hydroxylation is 3. The number of carbonyl (C=O) groups excluding carboxylic acids is 1. The van der Waals surface area contributed by atoms with Gasteiger partial charge >= 0.3 is 0 Å². The normalized spacial score (nSPS) is 15.0. The lowest BCUT2D eigenvalue weighted by Crippen LogP contribution is -2.49. The van der Waals surface area contributed by atoms with Crippen LogP contribution in [0.15, 0.2) is 28.8 Å². The van der Waals surface area contributed by atoms with Crippen molar-refractivity contribution in [2.75, 3.05) is 31.1 Å². The van der Waals surface area contributed by atoms with E-state index in [0.717, 1.165) is 47.1 Å². The van der Waals surface area contributed by atoms with Crippen molar-refractivity contribution in [3.8, 4) is 0 Å². The van der Waals surface area contributed by atoms with Gasteiger partial charge in [-0.1, -0.05) is 17.3 Å². The van der Waals surface area contributed by atoms with Crippen LogP contribution in [0, 0.1) is 13.8 Å². The predicted octanol–water partition coefficient (Wildman–Crippen LogP) is 2.07. The van der Waals surface area contributed by atoms with Gasteiger partial charge in [-0.2, -0.15) is 0 Å². The Morgan fingerprint density at radius 2 is 1.88 bits per heavy atom. The summed E-state index contributed by atoms with van der Waals surface area (Å²) in [5.74, 6) is 1.82. The molecule has 26 heavy (non-hydrogen) atoms. The maximum absolute atomic E-state index is 12.6. The number of carbonyl (C=O) groups is 1. The number of benzene rings is 1. The van der Waals surface area contributed by atoms with E-state index in [9.17, 15) is 4.79 Å². The molecule has 0 N–H and O–H groups in total. The topological polar surface area (TPSA) is 67.4 Å². The van der Waals surface area contributed by atoms with E-state index in [0.29, 0.717) is 19.5 Å². The van der Waals surface area contributed by atoms with E-state index < -0.39 is 0 Å². The smallest absolute Gasteiger partial charge is 0.227 e. The Balaban J connectivity index is 1.43. The van der Waals surface area contributed by atoms with Gasteiger partial charge in [0.05, 0.1) is 23.1 Å². The van der Waals surface area contributed by atoms with Crippen LogP contribution in [0.1, 0.15) is 17.0 Å². The van der Waals surface area contributed by atoms with Crippen molar-refractivity contribution >= 4 is 22.9 Å². The van der Waals surface area contributed by atoms with Gasteiger partial charge in [0.2, 0.25) is 11.9 Å². The third kappa shape index (κ3) is 2.83. The summed E-state index contributed by atoms with van der Waals surface area (Å²) in [5, 5.41) is 3.93. The molecule has 1 aliphatic heterocycles. The first-order chi connectivity index (χ1) is 12.5. The average Bonchev–Trinajstić information content (AvgIpc) is 3.16. The summed E-state index contributed by atoms with van der Waals surface area (Å²) >= 11 is 0. The number of hydrogen-bond donors (Lipinski definition) is 0. The van der Waals surface area contributed by atoms with Gasteiger partial charge in [0.15, 0.2) is 0 Å². The van der Waals surface area contributed by atoms with Crippen LogP contribution in [0.4, 0.5) is 5.95 Å². The minimum Gasteiger partial charge on any atom is -0.361 e. The number of imidazole rings is 1. The summed E-state index contributed by atoms with van der Waals surface area (Å²) in [4.78, 5) is 21.6. The van der Waals surface area contributed by atoms with Gasteiger partial charge in [-0.3, -0.25) is 4.79 Å². The zero-order chi connectivity index (χ0) is 18.3. The molecule has 1 fully saturated rings. The molecule has 0 atom stereocenters. The van der Waals surface area contributed by atoms with Crippen molar-refractivity contribution in [1.29, 1.82) is 0 Å². The first kappa shape index (κ1) is 16.6. The summed E-state index contributed by atoms with van der Waals surface area (Å²) in [6.07, 6.45) is 0.355. The molecule has 1 aromatic carbocycles. The van der Waals surface area contributed by atoms with Crippen LogP contribution in [-0.2, 0) is 18.3 Å². The van der Waals surface area contributed by atoms with Crippen molar-refractivity contribution in [2.45, 2.75) is 20.3 Å². The number of anilines is 1. The van der Waals surface area contributed by atoms with Crippen molar-refractivity contribution in [3.63, 3.8) is 0 Å². The molecular formula is C19H23N5O2. The molecular weight excluding hydrogens is 330 g/mol. The van der Waals surface area contributed by atoms with Crippen molar-refractivity contribution in [1.82, 2.24) is 19.6 Å². The summed E-state index contributed by atoms with van der Waals surface area (Å²) in [6.45, 7) is 6.70. The molecule has 136 valence electrons. The van der Waals surface area contributed by atoms with Crippen LogP contribution in [0.3, 0.4) is 0 Å². The van der Waals surface area contributed by atoms with Gasteiger partial charge in [0.25, 0.3) is 0 Å². The van der Waals surface area contributed by atoms with E-state index in [4.69, 9.17) is 9.51 Å². The first-order valence-electron chi connectivity index (χ1n) is 8.90. The lowest BCUT2D eigenvalue weighted by atomic mass is 10.1. The fourth-order valence-electron chi connectivity index (χ4n) is 3.59. The number of para-hydroxylation sites is 2. The second-order valence-electron chi connectivity index (χ2n) is 6.81. The van der Waals surface area contributed by atoms with Gasteiger partial charge in [-0.05, 0) is 26.0 Å². The zero-order valence-corrected chi connectivity index (χ0v) is 15.4. The van der Waals surface area contributed by atoms with Crippen LogP contribution in [0.25, 0.3) is 11.0 Å². The van der Waals surface area contributed by atoms with Gasteiger partial charge in [0.1, 0.15) is 5.76 Å². The third-order valence-electron chi connectivity index (χ3n) is 5.19. The standard InChI is InChI=1S/C19H23N5O2/c1-13-15(14(2)26-21-13)12-18(25)23-8-10-24(11-9-23)19-20-16-6-4-5-7-17(16)22(19)3/h4-7H,8-12H2,1-3H3. The van der Waals surface area contributed by atoms with Crippen LogP contribution >= 0.6 is 0 Å². The Kier molecular flexibility index (Phi) is 4.14. The monoisotopic (exact) mass is 353 g/mol. The molecule has 4 rings (SSSR count). The lowest BCUT2D eigenvalue weighted by Gasteiger charge is -2.35. The fourth-order valence-corrected chi connectivity index (χ4v) is 3.59. The number of nitrogens with zero attached hydrogens (tertiary/aromatic N) is 5. The molecule has 0 bridgehead atoms. The second-order valence-corrected chi connectivity index (χ2v) is 6.81. The summed E-state index contributed by atoms with van der Waals surface area (Å²) in [5.41, 5.74) is 3.84. The largest absolute Gasteiger partial charge is 0.361 e. The lowest BCUT2D eigenvalue weighted by molar-refractivity contribution is -0.130. The minimum absolute atomic E-state index is 0.129. The van der Waals surface area contributed by atoms with Crippen molar-refractivity contribution < 1.29 is 9.32 Å². The molecule has 3 aromatic rings. The number of hydrogen-bond acceptors (Lipinski definition) is 5. The number of fused-ring (bicyclic) bond motifs is 1.